The molecule has 2 heterocycles. The Hall–Kier alpha value is -3.07. The monoisotopic (exact) mass is 434 g/mol. The molecule has 4 rings (SSSR count). The van der Waals surface area contributed by atoms with Crippen molar-refractivity contribution in [1.29, 1.82) is 0 Å². The second-order valence-electron chi connectivity index (χ2n) is 6.92. The molecule has 0 spiro atoms. The number of aryl methyl sites for hydroxylation is 1. The molecular formula is C21H17F3N2O3S. The highest BCUT2D eigenvalue weighted by molar-refractivity contribution is 7.90. The Bertz CT molecular complexity index is 1180. The summed E-state index contributed by atoms with van der Waals surface area (Å²) in [6.07, 6.45) is 0.979. The predicted molar refractivity (Wildman–Crippen MR) is 108 cm³/mol. The van der Waals surface area contributed by atoms with E-state index in [0.717, 1.165) is 17.7 Å². The minimum Gasteiger partial charge on any atom is -0.457 e. The van der Waals surface area contributed by atoms with Gasteiger partial charge in [0.2, 0.25) is 0 Å². The first-order valence-corrected chi connectivity index (χ1v) is 10.7. The number of halogens is 3. The molecule has 0 radical (unpaired) electrons. The maximum Gasteiger partial charge on any atom is 0.416 e. The fourth-order valence-corrected chi connectivity index (χ4v) is 4.20. The van der Waals surface area contributed by atoms with E-state index in [0.29, 0.717) is 35.0 Å². The summed E-state index contributed by atoms with van der Waals surface area (Å²) in [5.74, 6) is 1.11. The van der Waals surface area contributed by atoms with Crippen LogP contribution in [0.1, 0.15) is 16.7 Å². The number of sulfonamides is 1. The third-order valence-electron chi connectivity index (χ3n) is 4.75. The summed E-state index contributed by atoms with van der Waals surface area (Å²) in [6.45, 7) is 1.89. The summed E-state index contributed by atoms with van der Waals surface area (Å²) in [6, 6.07) is 10.2. The van der Waals surface area contributed by atoms with Gasteiger partial charge in [-0.15, -0.1) is 4.40 Å². The molecule has 0 saturated heterocycles. The van der Waals surface area contributed by atoms with Crippen molar-refractivity contribution in [3.05, 3.63) is 77.5 Å². The maximum atomic E-state index is 12.8. The summed E-state index contributed by atoms with van der Waals surface area (Å²) in [4.78, 5) is 1.78. The van der Waals surface area contributed by atoms with Gasteiger partial charge in [0.25, 0.3) is 10.0 Å². The molecule has 2 aromatic rings. The third kappa shape index (κ3) is 4.11. The normalized spacial score (nSPS) is 17.8. The Labute approximate surface area is 171 Å². The molecule has 0 bridgehead atoms. The van der Waals surface area contributed by atoms with Crippen LogP contribution in [0.3, 0.4) is 0 Å². The highest BCUT2D eigenvalue weighted by Crippen LogP contribution is 2.34. The van der Waals surface area contributed by atoms with Crippen LogP contribution in [-0.4, -0.2) is 31.5 Å². The quantitative estimate of drug-likeness (QED) is 0.699. The predicted octanol–water partition coefficient (Wildman–Crippen LogP) is 4.76. The average Bonchev–Trinajstić information content (AvgIpc) is 2.68. The van der Waals surface area contributed by atoms with Crippen LogP contribution in [0.4, 0.5) is 13.2 Å². The van der Waals surface area contributed by atoms with Gasteiger partial charge in [-0.1, -0.05) is 12.1 Å². The van der Waals surface area contributed by atoms with Crippen molar-refractivity contribution in [2.45, 2.75) is 13.1 Å². The molecule has 9 heteroatoms. The van der Waals surface area contributed by atoms with Crippen LogP contribution in [-0.2, 0) is 16.2 Å². The molecule has 0 unspecified atom stereocenters. The van der Waals surface area contributed by atoms with E-state index >= 15 is 0 Å². The Morgan fingerprint density at radius 2 is 1.83 bits per heavy atom. The number of hydrogen-bond acceptors (Lipinski definition) is 4. The van der Waals surface area contributed by atoms with Crippen molar-refractivity contribution in [1.82, 2.24) is 4.90 Å². The highest BCUT2D eigenvalue weighted by Gasteiger charge is 2.31. The lowest BCUT2D eigenvalue weighted by atomic mass is 10.0. The molecule has 0 N–H and O–H groups in total. The van der Waals surface area contributed by atoms with E-state index in [1.165, 1.54) is 6.07 Å². The average molecular weight is 434 g/mol. The zero-order valence-electron chi connectivity index (χ0n) is 15.8. The summed E-state index contributed by atoms with van der Waals surface area (Å²) in [7, 11) is -3.49. The second-order valence-corrected chi connectivity index (χ2v) is 8.68. The fourth-order valence-electron chi connectivity index (χ4n) is 3.21. The smallest absolute Gasteiger partial charge is 0.416 e. The lowest BCUT2D eigenvalue weighted by Gasteiger charge is -2.29. The summed E-state index contributed by atoms with van der Waals surface area (Å²) >= 11 is 0. The molecule has 2 aliphatic rings. The number of alkyl halides is 3. The van der Waals surface area contributed by atoms with Gasteiger partial charge in [0.15, 0.2) is 5.84 Å². The van der Waals surface area contributed by atoms with Crippen molar-refractivity contribution in [2.75, 3.05) is 12.3 Å². The van der Waals surface area contributed by atoms with Gasteiger partial charge in [0.1, 0.15) is 11.5 Å². The summed E-state index contributed by atoms with van der Waals surface area (Å²) < 4.78 is 71.9. The van der Waals surface area contributed by atoms with Crippen LogP contribution in [0.15, 0.2) is 65.2 Å². The number of hydrogen-bond donors (Lipinski definition) is 0. The summed E-state index contributed by atoms with van der Waals surface area (Å²) in [5, 5.41) is 0. The van der Waals surface area contributed by atoms with Gasteiger partial charge in [0, 0.05) is 18.3 Å². The van der Waals surface area contributed by atoms with Gasteiger partial charge < -0.3 is 9.64 Å². The van der Waals surface area contributed by atoms with Crippen LogP contribution in [0.5, 0.6) is 11.5 Å². The minimum atomic E-state index is -4.41. The first-order valence-electron chi connectivity index (χ1n) is 9.07. The van der Waals surface area contributed by atoms with Crippen LogP contribution < -0.4 is 4.74 Å². The van der Waals surface area contributed by atoms with Crippen molar-refractivity contribution >= 4 is 21.4 Å². The molecule has 0 atom stereocenters. The largest absolute Gasteiger partial charge is 0.457 e. The van der Waals surface area contributed by atoms with Crippen LogP contribution in [0.2, 0.25) is 0 Å². The number of rotatable bonds is 3. The molecule has 30 heavy (non-hydrogen) atoms. The molecule has 0 fully saturated rings. The third-order valence-corrected chi connectivity index (χ3v) is 5.90. The van der Waals surface area contributed by atoms with E-state index in [1.807, 2.05) is 6.08 Å². The van der Waals surface area contributed by atoms with Crippen molar-refractivity contribution in [2.24, 2.45) is 4.40 Å². The van der Waals surface area contributed by atoms with Gasteiger partial charge >= 0.3 is 6.18 Å². The van der Waals surface area contributed by atoms with Crippen LogP contribution >= 0.6 is 0 Å². The Morgan fingerprint density at radius 3 is 2.50 bits per heavy atom. The van der Waals surface area contributed by atoms with E-state index in [4.69, 9.17) is 4.74 Å². The topological polar surface area (TPSA) is 59.0 Å². The lowest BCUT2D eigenvalue weighted by molar-refractivity contribution is -0.137. The van der Waals surface area contributed by atoms with Crippen LogP contribution in [0, 0.1) is 6.92 Å². The number of ether oxygens (including phenoxy) is 1. The molecule has 2 aromatic carbocycles. The second kappa shape index (κ2) is 7.32. The molecule has 0 aromatic heterocycles. The SMILES string of the molecule is Cc1cc(C(F)(F)F)ccc1Oc1ccc(C2=CC=CN3CCS(=O)(=O)N=C23)cc1. The van der Waals surface area contributed by atoms with Gasteiger partial charge in [-0.3, -0.25) is 0 Å². The van der Waals surface area contributed by atoms with E-state index in [1.54, 1.807) is 48.4 Å². The Morgan fingerprint density at radius 1 is 1.10 bits per heavy atom. The molecule has 156 valence electrons. The van der Waals surface area contributed by atoms with Gasteiger partial charge in [0.05, 0.1) is 11.3 Å². The van der Waals surface area contributed by atoms with Crippen molar-refractivity contribution in [3.63, 3.8) is 0 Å². The van der Waals surface area contributed by atoms with Crippen molar-refractivity contribution in [3.8, 4) is 11.5 Å². The van der Waals surface area contributed by atoms with Gasteiger partial charge in [-0.25, -0.2) is 8.42 Å². The molecule has 2 aliphatic heterocycles. The number of allylic oxidation sites excluding steroid dienone is 2. The molecule has 0 saturated carbocycles. The fraction of sp³-hybridized carbons (Fsp3) is 0.190. The Balaban J connectivity index is 1.57. The van der Waals surface area contributed by atoms with Crippen LogP contribution in [0.25, 0.3) is 5.57 Å². The van der Waals surface area contributed by atoms with E-state index in [-0.39, 0.29) is 5.75 Å². The Kier molecular flexibility index (Phi) is 4.93. The standard InChI is InChI=1S/C21H17F3N2O3S/c1-14-13-16(21(22,23)24)6-9-19(14)29-17-7-4-15(5-8-17)18-3-2-10-26-11-12-30(27,28)25-20(18)26/h2-10,13H,11-12H2,1H3. The first kappa shape index (κ1) is 20.2. The number of fused-ring (bicyclic) bond motifs is 1. The zero-order chi connectivity index (χ0) is 21.5. The zero-order valence-corrected chi connectivity index (χ0v) is 16.7. The molecule has 5 nitrogen and oxygen atoms in total. The summed E-state index contributed by atoms with van der Waals surface area (Å²) in [5.41, 5.74) is 1.05. The van der Waals surface area contributed by atoms with Gasteiger partial charge in [-0.05, 0) is 60.5 Å². The number of amidine groups is 1. The number of benzene rings is 2. The number of nitrogens with zero attached hydrogens (tertiary/aromatic N) is 2. The lowest BCUT2D eigenvalue weighted by Crippen LogP contribution is -2.37. The highest BCUT2D eigenvalue weighted by atomic mass is 32.2. The molecule has 0 aliphatic carbocycles. The van der Waals surface area contributed by atoms with E-state index in [9.17, 15) is 21.6 Å². The van der Waals surface area contributed by atoms with Crippen molar-refractivity contribution < 1.29 is 26.3 Å². The van der Waals surface area contributed by atoms with E-state index in [2.05, 4.69) is 4.40 Å². The maximum absolute atomic E-state index is 12.8. The molecule has 0 amide bonds. The first-order chi connectivity index (χ1) is 14.1. The molecular weight excluding hydrogens is 417 g/mol. The minimum absolute atomic E-state index is 0.0343. The van der Waals surface area contributed by atoms with E-state index < -0.39 is 21.8 Å². The van der Waals surface area contributed by atoms with Gasteiger partial charge in [-0.2, -0.15) is 13.2 Å².